The second-order valence-corrected chi connectivity index (χ2v) is 9.33. The summed E-state index contributed by atoms with van der Waals surface area (Å²) < 4.78 is 50.4. The lowest BCUT2D eigenvalue weighted by molar-refractivity contribution is 0.595. The van der Waals surface area contributed by atoms with Gasteiger partial charge in [-0.25, -0.2) is 16.8 Å². The molecule has 0 spiro atoms. The maximum absolute atomic E-state index is 12.7. The predicted octanol–water partition coefficient (Wildman–Crippen LogP) is 3.96. The highest BCUT2D eigenvalue weighted by atomic mass is 32.2. The van der Waals surface area contributed by atoms with Gasteiger partial charge in [0.1, 0.15) is 0 Å². The molecule has 0 saturated carbocycles. The minimum Gasteiger partial charge on any atom is -0.219 e. The molecule has 6 heteroatoms. The van der Waals surface area contributed by atoms with Crippen LogP contribution in [0.5, 0.6) is 0 Å². The van der Waals surface area contributed by atoms with Gasteiger partial charge in [-0.1, -0.05) is 54.6 Å². The Morgan fingerprint density at radius 1 is 0.577 bits per heavy atom. The summed E-state index contributed by atoms with van der Waals surface area (Å²) in [6, 6.07) is 22.3. The van der Waals surface area contributed by atoms with Crippen LogP contribution in [-0.2, 0) is 19.7 Å². The summed E-state index contributed by atoms with van der Waals surface area (Å²) in [6.45, 7) is 0. The van der Waals surface area contributed by atoms with E-state index >= 15 is 0 Å². The Bertz CT molecular complexity index is 1130. The van der Waals surface area contributed by atoms with E-state index in [9.17, 15) is 16.8 Å². The van der Waals surface area contributed by atoms with Crippen molar-refractivity contribution in [3.8, 4) is 0 Å². The number of hydrogen-bond donors (Lipinski definition) is 0. The maximum Gasteiger partial charge on any atom is 0.206 e. The monoisotopic (exact) mass is 384 g/mol. The van der Waals surface area contributed by atoms with Crippen LogP contribution < -0.4 is 0 Å². The fourth-order valence-electron chi connectivity index (χ4n) is 2.36. The van der Waals surface area contributed by atoms with Crippen LogP contribution in [0.3, 0.4) is 0 Å². The Balaban J connectivity index is 1.98. The summed E-state index contributed by atoms with van der Waals surface area (Å²) in [5, 5.41) is 1.08. The van der Waals surface area contributed by atoms with Gasteiger partial charge in [-0.3, -0.25) is 0 Å². The number of rotatable bonds is 5. The lowest BCUT2D eigenvalue weighted by atomic mass is 10.2. The molecule has 3 aromatic carbocycles. The molecule has 132 valence electrons. The van der Waals surface area contributed by atoms with Crippen molar-refractivity contribution < 1.29 is 16.8 Å². The van der Waals surface area contributed by atoms with Gasteiger partial charge in [0.15, 0.2) is 9.84 Å². The fourth-order valence-corrected chi connectivity index (χ4v) is 4.82. The average Bonchev–Trinajstić information content (AvgIpc) is 2.68. The molecule has 0 amide bonds. The molecule has 0 atom stereocenters. The van der Waals surface area contributed by atoms with Gasteiger partial charge < -0.3 is 0 Å². The molecular weight excluding hydrogens is 368 g/mol. The maximum atomic E-state index is 12.7. The quantitative estimate of drug-likeness (QED) is 0.668. The van der Waals surface area contributed by atoms with E-state index in [-0.39, 0.29) is 14.7 Å². The van der Waals surface area contributed by atoms with E-state index in [2.05, 4.69) is 0 Å². The minimum absolute atomic E-state index is 0.0575. The van der Waals surface area contributed by atoms with Crippen LogP contribution in [-0.4, -0.2) is 16.8 Å². The first kappa shape index (κ1) is 18.1. The van der Waals surface area contributed by atoms with Crippen molar-refractivity contribution in [3.63, 3.8) is 0 Å². The zero-order chi connectivity index (χ0) is 18.6. The molecule has 0 aromatic heterocycles. The molecule has 0 radical (unpaired) electrons. The van der Waals surface area contributed by atoms with E-state index in [1.165, 1.54) is 42.5 Å². The number of hydrogen-bond acceptors (Lipinski definition) is 4. The third kappa shape index (κ3) is 3.92. The number of sulfone groups is 2. The Morgan fingerprint density at radius 2 is 1.12 bits per heavy atom. The van der Waals surface area contributed by atoms with Crippen LogP contribution in [0.25, 0.3) is 6.08 Å². The van der Waals surface area contributed by atoms with E-state index in [0.717, 1.165) is 11.0 Å². The van der Waals surface area contributed by atoms with Gasteiger partial charge in [0.25, 0.3) is 0 Å². The SMILES string of the molecule is O=S(=O)(/C=C/c1ccccc1)c1cccc(S(=O)(=O)c2ccccc2)c1. The molecule has 0 saturated heterocycles. The first-order valence-electron chi connectivity index (χ1n) is 7.78. The molecule has 3 aromatic rings. The van der Waals surface area contributed by atoms with E-state index in [1.54, 1.807) is 42.5 Å². The molecule has 3 rings (SSSR count). The van der Waals surface area contributed by atoms with Crippen molar-refractivity contribution in [2.45, 2.75) is 14.7 Å². The average molecular weight is 384 g/mol. The first-order chi connectivity index (χ1) is 12.4. The Labute approximate surface area is 153 Å². The van der Waals surface area contributed by atoms with Crippen molar-refractivity contribution in [1.29, 1.82) is 0 Å². The zero-order valence-corrected chi connectivity index (χ0v) is 15.3. The van der Waals surface area contributed by atoms with Crippen molar-refractivity contribution in [1.82, 2.24) is 0 Å². The zero-order valence-electron chi connectivity index (χ0n) is 13.7. The van der Waals surface area contributed by atoms with Crippen LogP contribution in [0.4, 0.5) is 0 Å². The van der Waals surface area contributed by atoms with Gasteiger partial charge in [-0.2, -0.15) is 0 Å². The second kappa shape index (κ2) is 7.27. The second-order valence-electron chi connectivity index (χ2n) is 5.55. The van der Waals surface area contributed by atoms with Gasteiger partial charge in [0, 0.05) is 5.41 Å². The molecule has 0 unspecified atom stereocenters. The van der Waals surface area contributed by atoms with Gasteiger partial charge in [0.05, 0.1) is 14.7 Å². The highest BCUT2D eigenvalue weighted by Crippen LogP contribution is 2.24. The highest BCUT2D eigenvalue weighted by molar-refractivity contribution is 7.94. The van der Waals surface area contributed by atoms with Crippen molar-refractivity contribution >= 4 is 25.8 Å². The van der Waals surface area contributed by atoms with Gasteiger partial charge in [0.2, 0.25) is 9.84 Å². The molecular formula is C20H16O4S2. The largest absolute Gasteiger partial charge is 0.219 e. The summed E-state index contributed by atoms with van der Waals surface area (Å²) in [7, 11) is -7.55. The van der Waals surface area contributed by atoms with Gasteiger partial charge in [-0.15, -0.1) is 0 Å². The molecule has 0 fully saturated rings. The van der Waals surface area contributed by atoms with Gasteiger partial charge >= 0.3 is 0 Å². The van der Waals surface area contributed by atoms with E-state index in [4.69, 9.17) is 0 Å². The van der Waals surface area contributed by atoms with Crippen LogP contribution in [0.1, 0.15) is 5.56 Å². The standard InChI is InChI=1S/C20H16O4S2/c21-25(22,15-14-17-8-3-1-4-9-17)19-12-7-13-20(16-19)26(23,24)18-10-5-2-6-11-18/h1-16H/b15-14+. The third-order valence-electron chi connectivity index (χ3n) is 3.74. The lowest BCUT2D eigenvalue weighted by Gasteiger charge is -2.06. The van der Waals surface area contributed by atoms with Crippen LogP contribution in [0.2, 0.25) is 0 Å². The highest BCUT2D eigenvalue weighted by Gasteiger charge is 2.20. The lowest BCUT2D eigenvalue weighted by Crippen LogP contribution is -2.04. The van der Waals surface area contributed by atoms with E-state index in [0.29, 0.717) is 0 Å². The van der Waals surface area contributed by atoms with Gasteiger partial charge in [-0.05, 0) is 42.0 Å². The predicted molar refractivity (Wildman–Crippen MR) is 101 cm³/mol. The number of benzene rings is 3. The molecule has 0 N–H and O–H groups in total. The van der Waals surface area contributed by atoms with Crippen molar-refractivity contribution in [2.24, 2.45) is 0 Å². The van der Waals surface area contributed by atoms with Crippen molar-refractivity contribution in [3.05, 3.63) is 95.9 Å². The summed E-state index contributed by atoms with van der Waals surface area (Å²) in [6.07, 6.45) is 1.48. The summed E-state index contributed by atoms with van der Waals surface area (Å²) >= 11 is 0. The molecule has 4 nitrogen and oxygen atoms in total. The Kier molecular flexibility index (Phi) is 5.06. The molecule has 0 heterocycles. The van der Waals surface area contributed by atoms with E-state index < -0.39 is 19.7 Å². The minimum atomic E-state index is -3.78. The molecule has 26 heavy (non-hydrogen) atoms. The Morgan fingerprint density at radius 3 is 1.77 bits per heavy atom. The summed E-state index contributed by atoms with van der Waals surface area (Å²) in [5.74, 6) is 0. The normalized spacial score (nSPS) is 12.3. The molecule has 0 aliphatic rings. The van der Waals surface area contributed by atoms with Crippen LogP contribution in [0.15, 0.2) is 105 Å². The van der Waals surface area contributed by atoms with Crippen molar-refractivity contribution in [2.75, 3.05) is 0 Å². The molecule has 0 bridgehead atoms. The van der Waals surface area contributed by atoms with Crippen LogP contribution in [0, 0.1) is 0 Å². The first-order valence-corrected chi connectivity index (χ1v) is 10.8. The smallest absolute Gasteiger partial charge is 0.206 e. The topological polar surface area (TPSA) is 68.3 Å². The summed E-state index contributed by atoms with van der Waals surface area (Å²) in [4.78, 5) is -0.00560. The van der Waals surface area contributed by atoms with E-state index in [1.807, 2.05) is 6.07 Å². The fraction of sp³-hybridized carbons (Fsp3) is 0. The third-order valence-corrected chi connectivity index (χ3v) is 6.91. The summed E-state index contributed by atoms with van der Waals surface area (Å²) in [5.41, 5.74) is 0.740. The molecule has 0 aliphatic carbocycles. The van der Waals surface area contributed by atoms with Crippen LogP contribution >= 0.6 is 0 Å². The Hall–Kier alpha value is -2.70. The molecule has 0 aliphatic heterocycles.